The van der Waals surface area contributed by atoms with Crippen molar-refractivity contribution in [2.75, 3.05) is 13.7 Å². The second-order valence-corrected chi connectivity index (χ2v) is 8.26. The monoisotopic (exact) mass is 470 g/mol. The van der Waals surface area contributed by atoms with Gasteiger partial charge >= 0.3 is 18.0 Å². The van der Waals surface area contributed by atoms with Gasteiger partial charge < -0.3 is 14.8 Å². The van der Waals surface area contributed by atoms with Crippen molar-refractivity contribution in [3.8, 4) is 5.69 Å². The predicted octanol–water partition coefficient (Wildman–Crippen LogP) is 2.52. The average Bonchev–Trinajstić information content (AvgIpc) is 3.43. The Morgan fingerprint density at radius 2 is 1.76 bits per heavy atom. The fraction of sp³-hybridized carbons (Fsp3) is 0.458. The Morgan fingerprint density at radius 1 is 1.09 bits per heavy atom. The standard InChI is InChI=1S/C24H30N4O6/c1-15-20(12-13-22(30)33-3)16(2)28(27-15)19-10-8-17(9-11-19)23(31)34-14-21(29)26-24(32)25-18-6-4-5-7-18/h8-11,18H,4-7,12-14H2,1-3H3,(H2,25,26,29,32). The van der Waals surface area contributed by atoms with Gasteiger partial charge in [0.25, 0.3) is 5.91 Å². The number of esters is 2. The quantitative estimate of drug-likeness (QED) is 0.567. The van der Waals surface area contributed by atoms with E-state index >= 15 is 0 Å². The number of hydrogen-bond acceptors (Lipinski definition) is 7. The smallest absolute Gasteiger partial charge is 0.338 e. The van der Waals surface area contributed by atoms with Crippen molar-refractivity contribution in [3.05, 3.63) is 46.8 Å². The van der Waals surface area contributed by atoms with Crippen LogP contribution in [0.2, 0.25) is 0 Å². The van der Waals surface area contributed by atoms with Gasteiger partial charge in [-0.25, -0.2) is 14.3 Å². The van der Waals surface area contributed by atoms with Crippen molar-refractivity contribution < 1.29 is 28.7 Å². The molecule has 0 spiro atoms. The fourth-order valence-corrected chi connectivity index (χ4v) is 4.02. The van der Waals surface area contributed by atoms with Crippen molar-refractivity contribution in [3.63, 3.8) is 0 Å². The summed E-state index contributed by atoms with van der Waals surface area (Å²) in [6.07, 6.45) is 4.72. The first-order chi connectivity index (χ1) is 16.3. The van der Waals surface area contributed by atoms with E-state index in [0.29, 0.717) is 6.42 Å². The highest BCUT2D eigenvalue weighted by Crippen LogP contribution is 2.20. The van der Waals surface area contributed by atoms with Crippen molar-refractivity contribution in [1.82, 2.24) is 20.4 Å². The SMILES string of the molecule is COC(=O)CCc1c(C)nn(-c2ccc(C(=O)OCC(=O)NC(=O)NC3CCCC3)cc2)c1C. The molecule has 2 N–H and O–H groups in total. The summed E-state index contributed by atoms with van der Waals surface area (Å²) >= 11 is 0. The number of aromatic nitrogens is 2. The van der Waals surface area contributed by atoms with Gasteiger partial charge in [-0.2, -0.15) is 5.10 Å². The molecule has 1 fully saturated rings. The minimum Gasteiger partial charge on any atom is -0.469 e. The second kappa shape index (κ2) is 11.4. The third-order valence-corrected chi connectivity index (χ3v) is 5.87. The van der Waals surface area contributed by atoms with Crippen molar-refractivity contribution in [2.24, 2.45) is 0 Å². The summed E-state index contributed by atoms with van der Waals surface area (Å²) < 4.78 is 11.5. The van der Waals surface area contributed by atoms with Gasteiger partial charge in [0, 0.05) is 18.2 Å². The van der Waals surface area contributed by atoms with Gasteiger partial charge in [-0.1, -0.05) is 12.8 Å². The molecule has 10 nitrogen and oxygen atoms in total. The number of urea groups is 1. The predicted molar refractivity (Wildman–Crippen MR) is 123 cm³/mol. The Balaban J connectivity index is 1.53. The van der Waals surface area contributed by atoms with E-state index in [-0.39, 0.29) is 24.0 Å². The summed E-state index contributed by atoms with van der Waals surface area (Å²) in [4.78, 5) is 47.5. The number of imide groups is 1. The van der Waals surface area contributed by atoms with Crippen LogP contribution in [0.4, 0.5) is 4.79 Å². The van der Waals surface area contributed by atoms with Crippen LogP contribution in [0.15, 0.2) is 24.3 Å². The van der Waals surface area contributed by atoms with Gasteiger partial charge in [0.1, 0.15) is 0 Å². The Labute approximate surface area is 198 Å². The number of carbonyl (C=O) groups is 4. The molecule has 1 saturated carbocycles. The summed E-state index contributed by atoms with van der Waals surface area (Å²) in [6.45, 7) is 3.23. The molecule has 1 aromatic carbocycles. The molecule has 182 valence electrons. The topological polar surface area (TPSA) is 129 Å². The molecule has 0 aliphatic heterocycles. The number of rotatable bonds is 8. The zero-order chi connectivity index (χ0) is 24.7. The highest BCUT2D eigenvalue weighted by molar-refractivity contribution is 5.97. The number of carbonyl (C=O) groups excluding carboxylic acids is 4. The largest absolute Gasteiger partial charge is 0.469 e. The van der Waals surface area contributed by atoms with Gasteiger partial charge in [0.2, 0.25) is 0 Å². The van der Waals surface area contributed by atoms with Crippen LogP contribution in [0.5, 0.6) is 0 Å². The number of ether oxygens (including phenoxy) is 2. The van der Waals surface area contributed by atoms with E-state index in [9.17, 15) is 19.2 Å². The van der Waals surface area contributed by atoms with Gasteiger partial charge in [-0.05, 0) is 62.9 Å². The van der Waals surface area contributed by atoms with E-state index in [0.717, 1.165) is 48.3 Å². The third kappa shape index (κ3) is 6.43. The van der Waals surface area contributed by atoms with E-state index in [1.807, 2.05) is 13.8 Å². The summed E-state index contributed by atoms with van der Waals surface area (Å²) in [6, 6.07) is 6.10. The first-order valence-electron chi connectivity index (χ1n) is 11.3. The molecule has 34 heavy (non-hydrogen) atoms. The maximum atomic E-state index is 12.3. The molecule has 1 heterocycles. The lowest BCUT2D eigenvalue weighted by Gasteiger charge is -2.12. The number of hydrogen-bond donors (Lipinski definition) is 2. The summed E-state index contributed by atoms with van der Waals surface area (Å²) in [5.74, 6) is -1.65. The maximum Gasteiger partial charge on any atom is 0.338 e. The molecular formula is C24H30N4O6. The lowest BCUT2D eigenvalue weighted by atomic mass is 10.1. The number of amides is 3. The number of benzene rings is 1. The molecule has 0 atom stereocenters. The van der Waals surface area contributed by atoms with Crippen molar-refractivity contribution in [1.29, 1.82) is 0 Å². The molecule has 1 aliphatic carbocycles. The van der Waals surface area contributed by atoms with Crippen LogP contribution in [0.3, 0.4) is 0 Å². The van der Waals surface area contributed by atoms with Crippen LogP contribution in [0.25, 0.3) is 5.69 Å². The maximum absolute atomic E-state index is 12.3. The van der Waals surface area contributed by atoms with E-state index in [1.54, 1.807) is 28.9 Å². The summed E-state index contributed by atoms with van der Waals surface area (Å²) in [7, 11) is 1.36. The van der Waals surface area contributed by atoms with E-state index in [1.165, 1.54) is 7.11 Å². The second-order valence-electron chi connectivity index (χ2n) is 8.26. The molecule has 0 unspecified atom stereocenters. The zero-order valence-electron chi connectivity index (χ0n) is 19.7. The molecule has 10 heteroatoms. The van der Waals surface area contributed by atoms with E-state index in [4.69, 9.17) is 9.47 Å². The van der Waals surface area contributed by atoms with Crippen LogP contribution < -0.4 is 10.6 Å². The normalized spacial score (nSPS) is 13.4. The summed E-state index contributed by atoms with van der Waals surface area (Å²) in [5, 5.41) is 9.45. The van der Waals surface area contributed by atoms with E-state index < -0.39 is 24.5 Å². The average molecular weight is 471 g/mol. The van der Waals surface area contributed by atoms with Crippen LogP contribution >= 0.6 is 0 Å². The first kappa shape index (κ1) is 24.9. The number of aryl methyl sites for hydroxylation is 1. The lowest BCUT2D eigenvalue weighted by Crippen LogP contribution is -2.44. The van der Waals surface area contributed by atoms with Gasteiger partial charge in [0.15, 0.2) is 6.61 Å². The zero-order valence-corrected chi connectivity index (χ0v) is 19.7. The molecule has 1 aliphatic rings. The number of nitrogens with one attached hydrogen (secondary N) is 2. The van der Waals surface area contributed by atoms with Crippen molar-refractivity contribution >= 4 is 23.9 Å². The van der Waals surface area contributed by atoms with Gasteiger partial charge in [0.05, 0.1) is 24.1 Å². The molecule has 1 aromatic heterocycles. The molecule has 0 radical (unpaired) electrons. The molecule has 0 saturated heterocycles. The molecule has 0 bridgehead atoms. The highest BCUT2D eigenvalue weighted by atomic mass is 16.5. The Kier molecular flexibility index (Phi) is 8.39. The fourth-order valence-electron chi connectivity index (χ4n) is 4.02. The number of methoxy groups -OCH3 is 1. The van der Waals surface area contributed by atoms with E-state index in [2.05, 4.69) is 15.7 Å². The number of nitrogens with zero attached hydrogens (tertiary/aromatic N) is 2. The minimum atomic E-state index is -0.692. The molecule has 3 rings (SSSR count). The molecular weight excluding hydrogens is 440 g/mol. The lowest BCUT2D eigenvalue weighted by molar-refractivity contribution is -0.140. The van der Waals surface area contributed by atoms with Gasteiger partial charge in [-0.3, -0.25) is 14.9 Å². The van der Waals surface area contributed by atoms with Crippen LogP contribution in [0.1, 0.15) is 59.4 Å². The molecule has 3 amide bonds. The van der Waals surface area contributed by atoms with Gasteiger partial charge in [-0.15, -0.1) is 0 Å². The Hall–Kier alpha value is -3.69. The van der Waals surface area contributed by atoms with Crippen LogP contribution in [0, 0.1) is 13.8 Å². The first-order valence-corrected chi connectivity index (χ1v) is 11.3. The molecule has 2 aromatic rings. The summed E-state index contributed by atoms with van der Waals surface area (Å²) in [5.41, 5.74) is 3.68. The minimum absolute atomic E-state index is 0.0833. The van der Waals surface area contributed by atoms with Crippen LogP contribution in [-0.4, -0.2) is 53.4 Å². The highest BCUT2D eigenvalue weighted by Gasteiger charge is 2.19. The third-order valence-electron chi connectivity index (χ3n) is 5.87. The van der Waals surface area contributed by atoms with Crippen LogP contribution in [-0.2, 0) is 25.5 Å². The Morgan fingerprint density at radius 3 is 2.41 bits per heavy atom. The Bertz CT molecular complexity index is 1050. The van der Waals surface area contributed by atoms with Crippen molar-refractivity contribution in [2.45, 2.75) is 58.4 Å².